The van der Waals surface area contributed by atoms with Gasteiger partial charge in [0, 0.05) is 12.6 Å². The topological polar surface area (TPSA) is 21.3 Å². The number of ether oxygens (including phenoxy) is 1. The highest BCUT2D eigenvalue weighted by atomic mass is 19.1. The molecule has 0 aliphatic heterocycles. The highest BCUT2D eigenvalue weighted by Crippen LogP contribution is 2.19. The summed E-state index contributed by atoms with van der Waals surface area (Å²) in [7, 11) is 0. The largest absolute Gasteiger partial charge is 0.489 e. The molecule has 0 aromatic heterocycles. The SMILES string of the molecule is Cc1ccc(F)c(OCCNC2CC2)c1. The van der Waals surface area contributed by atoms with E-state index in [4.69, 9.17) is 4.74 Å². The molecule has 1 fully saturated rings. The van der Waals surface area contributed by atoms with E-state index < -0.39 is 0 Å². The smallest absolute Gasteiger partial charge is 0.165 e. The van der Waals surface area contributed by atoms with Crippen molar-refractivity contribution in [2.75, 3.05) is 13.2 Å². The van der Waals surface area contributed by atoms with Crippen molar-refractivity contribution < 1.29 is 9.13 Å². The van der Waals surface area contributed by atoms with Gasteiger partial charge in [-0.25, -0.2) is 4.39 Å². The molecule has 0 amide bonds. The summed E-state index contributed by atoms with van der Waals surface area (Å²) >= 11 is 0. The first-order valence-electron chi connectivity index (χ1n) is 5.38. The molecule has 1 N–H and O–H groups in total. The van der Waals surface area contributed by atoms with E-state index in [1.54, 1.807) is 12.1 Å². The fraction of sp³-hybridized carbons (Fsp3) is 0.500. The Morgan fingerprint density at radius 3 is 3.00 bits per heavy atom. The zero-order chi connectivity index (χ0) is 10.7. The lowest BCUT2D eigenvalue weighted by Crippen LogP contribution is -2.23. The molecule has 1 aliphatic rings. The van der Waals surface area contributed by atoms with E-state index in [2.05, 4.69) is 5.32 Å². The maximum absolute atomic E-state index is 13.2. The number of benzene rings is 1. The van der Waals surface area contributed by atoms with E-state index in [0.29, 0.717) is 18.4 Å². The third-order valence-electron chi connectivity index (χ3n) is 2.46. The first-order valence-corrected chi connectivity index (χ1v) is 5.38. The fourth-order valence-electron chi connectivity index (χ4n) is 1.43. The Morgan fingerprint density at radius 1 is 1.47 bits per heavy atom. The van der Waals surface area contributed by atoms with Crippen LogP contribution < -0.4 is 10.1 Å². The van der Waals surface area contributed by atoms with Crippen LogP contribution in [0.15, 0.2) is 18.2 Å². The van der Waals surface area contributed by atoms with Crippen molar-refractivity contribution in [1.82, 2.24) is 5.32 Å². The van der Waals surface area contributed by atoms with E-state index in [1.807, 2.05) is 6.92 Å². The molecule has 1 saturated carbocycles. The lowest BCUT2D eigenvalue weighted by atomic mass is 10.2. The minimum absolute atomic E-state index is 0.285. The number of nitrogens with one attached hydrogen (secondary N) is 1. The molecule has 0 radical (unpaired) electrons. The zero-order valence-electron chi connectivity index (χ0n) is 8.92. The Kier molecular flexibility index (Phi) is 3.21. The second-order valence-corrected chi connectivity index (χ2v) is 4.01. The van der Waals surface area contributed by atoms with Crippen LogP contribution in [-0.4, -0.2) is 19.2 Å². The minimum atomic E-state index is -0.285. The van der Waals surface area contributed by atoms with Crippen LogP contribution in [0.4, 0.5) is 4.39 Å². The summed E-state index contributed by atoms with van der Waals surface area (Å²) in [6, 6.07) is 5.59. The van der Waals surface area contributed by atoms with Crippen LogP contribution in [0.5, 0.6) is 5.75 Å². The van der Waals surface area contributed by atoms with Gasteiger partial charge in [0.05, 0.1) is 0 Å². The van der Waals surface area contributed by atoms with Crippen LogP contribution in [0.3, 0.4) is 0 Å². The molecule has 82 valence electrons. The number of halogens is 1. The molecule has 0 heterocycles. The van der Waals surface area contributed by atoms with Gasteiger partial charge in [0.15, 0.2) is 11.6 Å². The predicted molar refractivity (Wildman–Crippen MR) is 57.7 cm³/mol. The van der Waals surface area contributed by atoms with Crippen LogP contribution in [-0.2, 0) is 0 Å². The van der Waals surface area contributed by atoms with Crippen LogP contribution in [0, 0.1) is 12.7 Å². The van der Waals surface area contributed by atoms with E-state index in [1.165, 1.54) is 18.9 Å². The molecule has 0 spiro atoms. The molecule has 0 saturated heterocycles. The van der Waals surface area contributed by atoms with Crippen LogP contribution in [0.2, 0.25) is 0 Å². The van der Waals surface area contributed by atoms with E-state index >= 15 is 0 Å². The van der Waals surface area contributed by atoms with Gasteiger partial charge in [0.2, 0.25) is 0 Å². The highest BCUT2D eigenvalue weighted by molar-refractivity contribution is 5.29. The molecule has 0 unspecified atom stereocenters. The lowest BCUT2D eigenvalue weighted by molar-refractivity contribution is 0.298. The second-order valence-electron chi connectivity index (χ2n) is 4.01. The summed E-state index contributed by atoms with van der Waals surface area (Å²) in [6.07, 6.45) is 2.53. The van der Waals surface area contributed by atoms with Crippen molar-refractivity contribution in [2.24, 2.45) is 0 Å². The second kappa shape index (κ2) is 4.62. The third-order valence-corrected chi connectivity index (χ3v) is 2.46. The molecule has 3 heteroatoms. The zero-order valence-corrected chi connectivity index (χ0v) is 8.92. The summed E-state index contributed by atoms with van der Waals surface area (Å²) in [5.41, 5.74) is 1.02. The maximum Gasteiger partial charge on any atom is 0.165 e. The fourth-order valence-corrected chi connectivity index (χ4v) is 1.43. The molecule has 1 aliphatic carbocycles. The average molecular weight is 209 g/mol. The molecular weight excluding hydrogens is 193 g/mol. The molecule has 15 heavy (non-hydrogen) atoms. The number of rotatable bonds is 5. The van der Waals surface area contributed by atoms with Crippen molar-refractivity contribution in [3.05, 3.63) is 29.6 Å². The summed E-state index contributed by atoms with van der Waals surface area (Å²) in [5, 5.41) is 3.31. The van der Waals surface area contributed by atoms with Crippen molar-refractivity contribution in [1.29, 1.82) is 0 Å². The normalized spacial score (nSPS) is 15.3. The first kappa shape index (κ1) is 10.4. The minimum Gasteiger partial charge on any atom is -0.489 e. The third kappa shape index (κ3) is 3.20. The predicted octanol–water partition coefficient (Wildman–Crippen LogP) is 2.26. The van der Waals surface area contributed by atoms with Gasteiger partial charge >= 0.3 is 0 Å². The molecule has 0 atom stereocenters. The van der Waals surface area contributed by atoms with Crippen molar-refractivity contribution >= 4 is 0 Å². The number of aryl methyl sites for hydroxylation is 1. The summed E-state index contributed by atoms with van der Waals surface area (Å²) in [6.45, 7) is 3.24. The first-order chi connectivity index (χ1) is 7.25. The van der Waals surface area contributed by atoms with Gasteiger partial charge in [-0.3, -0.25) is 0 Å². The highest BCUT2D eigenvalue weighted by Gasteiger charge is 2.19. The van der Waals surface area contributed by atoms with Gasteiger partial charge in [0.1, 0.15) is 6.61 Å². The number of hydrogen-bond acceptors (Lipinski definition) is 2. The van der Waals surface area contributed by atoms with Crippen molar-refractivity contribution in [3.63, 3.8) is 0 Å². The van der Waals surface area contributed by atoms with Crippen molar-refractivity contribution in [2.45, 2.75) is 25.8 Å². The van der Waals surface area contributed by atoms with Gasteiger partial charge in [0.25, 0.3) is 0 Å². The van der Waals surface area contributed by atoms with Gasteiger partial charge in [-0.1, -0.05) is 6.07 Å². The Hall–Kier alpha value is -1.09. The van der Waals surface area contributed by atoms with Crippen molar-refractivity contribution in [3.8, 4) is 5.75 Å². The standard InChI is InChI=1S/C12H16FNO/c1-9-2-5-11(13)12(8-9)15-7-6-14-10-3-4-10/h2,5,8,10,14H,3-4,6-7H2,1H3. The summed E-state index contributed by atoms with van der Waals surface area (Å²) in [4.78, 5) is 0. The Morgan fingerprint density at radius 2 is 2.27 bits per heavy atom. The molecule has 2 nitrogen and oxygen atoms in total. The molecule has 1 aromatic rings. The summed E-state index contributed by atoms with van der Waals surface area (Å²) in [5.74, 6) is 0.0691. The quantitative estimate of drug-likeness (QED) is 0.751. The Balaban J connectivity index is 1.78. The maximum atomic E-state index is 13.2. The van der Waals surface area contributed by atoms with Gasteiger partial charge in [-0.2, -0.15) is 0 Å². The molecule has 1 aromatic carbocycles. The Labute approximate surface area is 89.4 Å². The van der Waals surface area contributed by atoms with Crippen LogP contribution in [0.1, 0.15) is 18.4 Å². The van der Waals surface area contributed by atoms with Crippen LogP contribution in [0.25, 0.3) is 0 Å². The number of hydrogen-bond donors (Lipinski definition) is 1. The average Bonchev–Trinajstić information content (AvgIpc) is 3.01. The van der Waals surface area contributed by atoms with Gasteiger partial charge in [-0.15, -0.1) is 0 Å². The monoisotopic (exact) mass is 209 g/mol. The van der Waals surface area contributed by atoms with E-state index in [-0.39, 0.29) is 5.82 Å². The lowest BCUT2D eigenvalue weighted by Gasteiger charge is -2.08. The van der Waals surface area contributed by atoms with Gasteiger partial charge < -0.3 is 10.1 Å². The molecular formula is C12H16FNO. The molecule has 2 rings (SSSR count). The Bertz CT molecular complexity index is 336. The molecule has 0 bridgehead atoms. The summed E-state index contributed by atoms with van der Waals surface area (Å²) < 4.78 is 18.6. The van der Waals surface area contributed by atoms with E-state index in [0.717, 1.165) is 12.1 Å². The van der Waals surface area contributed by atoms with Gasteiger partial charge in [-0.05, 0) is 37.5 Å². The van der Waals surface area contributed by atoms with Crippen LogP contribution >= 0.6 is 0 Å². The van der Waals surface area contributed by atoms with E-state index in [9.17, 15) is 4.39 Å².